The van der Waals surface area contributed by atoms with Crippen LogP contribution in [0.2, 0.25) is 5.02 Å². The molecule has 13 nitrogen and oxygen atoms in total. The van der Waals surface area contributed by atoms with Crippen molar-refractivity contribution in [1.29, 1.82) is 0 Å². The summed E-state index contributed by atoms with van der Waals surface area (Å²) in [6, 6.07) is 17.6. The van der Waals surface area contributed by atoms with Crippen LogP contribution in [-0.4, -0.2) is 77.1 Å². The van der Waals surface area contributed by atoms with Gasteiger partial charge in [0, 0.05) is 47.1 Å². The molecule has 0 saturated carbocycles. The van der Waals surface area contributed by atoms with Gasteiger partial charge in [-0.25, -0.2) is 24.2 Å². The quantitative estimate of drug-likeness (QED) is 0.0456. The van der Waals surface area contributed by atoms with E-state index in [4.69, 9.17) is 36.7 Å². The zero-order valence-electron chi connectivity index (χ0n) is 33.0. The maximum atomic E-state index is 12.9. The Morgan fingerprint density at radius 1 is 1.02 bits per heavy atom. The van der Waals surface area contributed by atoms with Crippen molar-refractivity contribution in [2.45, 2.75) is 58.9 Å². The van der Waals surface area contributed by atoms with Crippen molar-refractivity contribution >= 4 is 52.9 Å². The number of nitrogens with one attached hydrogen (secondary N) is 1. The predicted molar refractivity (Wildman–Crippen MR) is 223 cm³/mol. The molecule has 0 saturated heterocycles. The molecule has 5 N–H and O–H groups in total. The van der Waals surface area contributed by atoms with Gasteiger partial charge in [-0.2, -0.15) is 0 Å². The number of dihydropyridines is 1. The zero-order chi connectivity index (χ0) is 42.2. The van der Waals surface area contributed by atoms with Crippen LogP contribution in [0.4, 0.5) is 0 Å². The summed E-state index contributed by atoms with van der Waals surface area (Å²) in [6.07, 6.45) is 6.58. The summed E-state index contributed by atoms with van der Waals surface area (Å²) in [5.41, 5.74) is 9.91. The van der Waals surface area contributed by atoms with E-state index in [1.165, 1.54) is 18.4 Å². The van der Waals surface area contributed by atoms with Crippen LogP contribution in [0, 0.1) is 0 Å². The smallest absolute Gasteiger partial charge is 0.336 e. The van der Waals surface area contributed by atoms with E-state index < -0.39 is 29.8 Å². The zero-order valence-corrected chi connectivity index (χ0v) is 34.5. The topological polar surface area (TPSA) is 192 Å². The van der Waals surface area contributed by atoms with Gasteiger partial charge in [-0.3, -0.25) is 0 Å². The molecule has 0 bridgehead atoms. The fourth-order valence-electron chi connectivity index (χ4n) is 6.28. The van der Waals surface area contributed by atoms with Crippen LogP contribution in [0.5, 0.6) is 0 Å². The van der Waals surface area contributed by atoms with E-state index in [1.807, 2.05) is 22.1 Å². The summed E-state index contributed by atoms with van der Waals surface area (Å²) in [5.74, 6) is -2.88. The van der Waals surface area contributed by atoms with Gasteiger partial charge in [-0.1, -0.05) is 61.3 Å². The third-order valence-corrected chi connectivity index (χ3v) is 10.3. The number of nitrogens with zero attached hydrogens (tertiary/aromatic N) is 2. The number of esters is 2. The number of carbonyl (C=O) groups is 4. The lowest BCUT2D eigenvalue weighted by molar-refractivity contribution is -0.139. The van der Waals surface area contributed by atoms with Gasteiger partial charge in [0.25, 0.3) is 0 Å². The number of aliphatic carboxylic acids is 1. The summed E-state index contributed by atoms with van der Waals surface area (Å²) >= 11 is 7.95. The number of carbonyl (C=O) groups excluding carboxylic acids is 2. The molecule has 308 valence electrons. The number of aromatic nitrogens is 2. The van der Waals surface area contributed by atoms with E-state index in [-0.39, 0.29) is 24.4 Å². The number of aryl methyl sites for hydroxylation is 1. The van der Waals surface area contributed by atoms with Crippen LogP contribution >= 0.6 is 22.9 Å². The molecule has 1 aliphatic heterocycles. The average Bonchev–Trinajstić information content (AvgIpc) is 3.86. The number of ether oxygens (including phenoxy) is 3. The van der Waals surface area contributed by atoms with Crippen LogP contribution < -0.4 is 11.1 Å². The Morgan fingerprint density at radius 2 is 1.76 bits per heavy atom. The van der Waals surface area contributed by atoms with Crippen molar-refractivity contribution in [3.8, 4) is 0 Å². The van der Waals surface area contributed by atoms with Gasteiger partial charge in [0.15, 0.2) is 0 Å². The van der Waals surface area contributed by atoms with E-state index in [9.17, 15) is 24.3 Å². The number of hydrogen-bond donors (Lipinski definition) is 4. The Kier molecular flexibility index (Phi) is 17.5. The Labute approximate surface area is 346 Å². The van der Waals surface area contributed by atoms with E-state index >= 15 is 0 Å². The van der Waals surface area contributed by atoms with Crippen LogP contribution in [-0.2, 0) is 48.0 Å². The normalized spacial score (nSPS) is 14.0. The van der Waals surface area contributed by atoms with E-state index in [2.05, 4.69) is 17.2 Å². The van der Waals surface area contributed by atoms with Crippen LogP contribution in [0.15, 0.2) is 100 Å². The lowest BCUT2D eigenvalue weighted by Gasteiger charge is -2.31. The minimum absolute atomic E-state index is 0.109. The first-order valence-corrected chi connectivity index (χ1v) is 20.0. The number of methoxy groups -OCH3 is 1. The highest BCUT2D eigenvalue weighted by Crippen LogP contribution is 2.42. The second-order valence-electron chi connectivity index (χ2n) is 13.1. The fourth-order valence-corrected chi connectivity index (χ4v) is 7.26. The number of rotatable bonds is 18. The summed E-state index contributed by atoms with van der Waals surface area (Å²) in [6.45, 7) is 7.03. The third kappa shape index (κ3) is 12.0. The number of unbranched alkanes of at least 4 members (excludes halogenated alkanes) is 1. The second-order valence-corrected chi connectivity index (χ2v) is 14.5. The number of nitrogens with two attached hydrogens (primary N) is 1. The summed E-state index contributed by atoms with van der Waals surface area (Å²) in [4.78, 5) is 53.9. The molecule has 1 atom stereocenters. The van der Waals surface area contributed by atoms with Crippen molar-refractivity contribution in [3.05, 3.63) is 138 Å². The largest absolute Gasteiger partial charge is 0.478 e. The van der Waals surface area contributed by atoms with E-state index in [1.54, 1.807) is 74.7 Å². The first-order chi connectivity index (χ1) is 27.9. The fraction of sp³-hybridized carbons (Fsp3) is 0.326. The molecule has 2 aromatic heterocycles. The molecular weight excluding hydrogens is 784 g/mol. The molecule has 1 unspecified atom stereocenters. The summed E-state index contributed by atoms with van der Waals surface area (Å²) in [7, 11) is 1.29. The number of thiophene rings is 1. The standard InChI is InChI=1S/C23H24N2O4S.C20H25ClN2O5/c1-2-3-6-21-24-14-19(12-18(23(28)29)13-20-5-4-11-30-20)25(21)15-16-7-9-17(10-8-16)22(26)27;1-4-28-20(25)18-15(11-27-10-9-22)23-12(2)16(19(24)26-3)17(18)13-7-5-6-8-14(13)21/h4-5,7-12,14H,2-3,6,13,15H2,1H3,(H,26,27)(H,28,29);5-8,17,23H,4,9-11,22H2,1-3H3/b18-12+;. The lowest BCUT2D eigenvalue weighted by atomic mass is 9.80. The molecule has 0 radical (unpaired) electrons. The maximum absolute atomic E-state index is 12.9. The number of carboxylic acid groups (broad SMARTS) is 2. The molecule has 0 spiro atoms. The first kappa shape index (κ1) is 45.2. The highest BCUT2D eigenvalue weighted by atomic mass is 35.5. The number of aromatic carboxylic acids is 1. The van der Waals surface area contributed by atoms with Gasteiger partial charge in [0.05, 0.1) is 67.1 Å². The molecule has 5 rings (SSSR count). The van der Waals surface area contributed by atoms with E-state index in [0.717, 1.165) is 41.2 Å². The minimum atomic E-state index is -0.962. The van der Waals surface area contributed by atoms with Crippen LogP contribution in [0.3, 0.4) is 0 Å². The van der Waals surface area contributed by atoms with Crippen molar-refractivity contribution < 1.29 is 43.6 Å². The SMILES string of the molecule is CCCCc1ncc(/C=C(\Cc2cccs2)C(=O)O)n1Cc1ccc(C(=O)O)cc1.CCOC(=O)C1=C(COCCN)NC(C)=C(C(=O)OC)C1c1ccccc1Cl. The Balaban J connectivity index is 0.000000257. The number of hydrogen-bond acceptors (Lipinski definition) is 11. The van der Waals surface area contributed by atoms with Crippen molar-refractivity contribution in [3.63, 3.8) is 0 Å². The van der Waals surface area contributed by atoms with Gasteiger partial charge in [0.1, 0.15) is 5.82 Å². The third-order valence-electron chi connectivity index (χ3n) is 9.08. The highest BCUT2D eigenvalue weighted by Gasteiger charge is 2.39. The highest BCUT2D eigenvalue weighted by molar-refractivity contribution is 7.09. The Morgan fingerprint density at radius 3 is 2.36 bits per heavy atom. The number of carboxylic acids is 2. The molecule has 15 heteroatoms. The van der Waals surface area contributed by atoms with Gasteiger partial charge < -0.3 is 40.0 Å². The number of imidazole rings is 1. The first-order valence-electron chi connectivity index (χ1n) is 18.7. The molecule has 0 amide bonds. The Hall–Kier alpha value is -5.54. The lowest BCUT2D eigenvalue weighted by Crippen LogP contribution is -2.35. The van der Waals surface area contributed by atoms with Gasteiger partial charge in [-0.05, 0) is 67.1 Å². The molecule has 3 heterocycles. The van der Waals surface area contributed by atoms with Gasteiger partial charge >= 0.3 is 23.9 Å². The van der Waals surface area contributed by atoms with Crippen molar-refractivity contribution in [2.24, 2.45) is 5.73 Å². The van der Waals surface area contributed by atoms with Gasteiger partial charge in [0.2, 0.25) is 0 Å². The number of allylic oxidation sites excluding steroid dienone is 1. The molecule has 1 aliphatic rings. The van der Waals surface area contributed by atoms with Crippen molar-refractivity contribution in [1.82, 2.24) is 14.9 Å². The Bertz CT molecular complexity index is 2140. The summed E-state index contributed by atoms with van der Waals surface area (Å²) in [5, 5.41) is 24.2. The number of halogens is 1. The molecular formula is C43H49ClN4O9S. The maximum Gasteiger partial charge on any atom is 0.336 e. The van der Waals surface area contributed by atoms with Gasteiger partial charge in [-0.15, -0.1) is 11.3 Å². The minimum Gasteiger partial charge on any atom is -0.478 e. The summed E-state index contributed by atoms with van der Waals surface area (Å²) < 4.78 is 17.8. The molecule has 58 heavy (non-hydrogen) atoms. The molecule has 0 fully saturated rings. The molecule has 4 aromatic rings. The predicted octanol–water partition coefficient (Wildman–Crippen LogP) is 7.01. The number of benzene rings is 2. The van der Waals surface area contributed by atoms with Crippen LogP contribution in [0.1, 0.15) is 77.4 Å². The molecule has 2 aromatic carbocycles. The molecule has 0 aliphatic carbocycles. The van der Waals surface area contributed by atoms with Crippen molar-refractivity contribution in [2.75, 3.05) is 33.5 Å². The average molecular weight is 833 g/mol. The second kappa shape index (κ2) is 22.4. The van der Waals surface area contributed by atoms with Crippen LogP contribution in [0.25, 0.3) is 6.08 Å². The monoisotopic (exact) mass is 832 g/mol. The van der Waals surface area contributed by atoms with E-state index in [0.29, 0.717) is 59.2 Å².